The van der Waals surface area contributed by atoms with E-state index in [-0.39, 0.29) is 17.6 Å². The third-order valence-corrected chi connectivity index (χ3v) is 8.28. The lowest BCUT2D eigenvalue weighted by Crippen LogP contribution is -2.10. The monoisotopic (exact) mass is 520 g/mol. The fourth-order valence-corrected chi connectivity index (χ4v) is 5.89. The summed E-state index contributed by atoms with van der Waals surface area (Å²) in [5, 5.41) is 9.14. The van der Waals surface area contributed by atoms with Crippen LogP contribution in [0.2, 0.25) is 0 Å². The van der Waals surface area contributed by atoms with Crippen LogP contribution in [0.4, 0.5) is 0 Å². The zero-order valence-corrected chi connectivity index (χ0v) is 22.0. The van der Waals surface area contributed by atoms with E-state index in [1.54, 1.807) is 0 Å². The van der Waals surface area contributed by atoms with Crippen LogP contribution < -0.4 is 9.47 Å². The van der Waals surface area contributed by atoms with Crippen molar-refractivity contribution in [3.8, 4) is 22.6 Å². The third-order valence-electron chi connectivity index (χ3n) is 7.25. The van der Waals surface area contributed by atoms with Crippen LogP contribution in [0.1, 0.15) is 46.6 Å². The second-order valence-corrected chi connectivity index (χ2v) is 12.5. The summed E-state index contributed by atoms with van der Waals surface area (Å²) >= 11 is 0. The minimum Gasteiger partial charge on any atom is -0.494 e. The molecule has 1 N–H and O–H groups in total. The molecule has 0 aromatic heterocycles. The molecular formula is C30H32O6S. The Bertz CT molecular complexity index is 1430. The van der Waals surface area contributed by atoms with Crippen LogP contribution in [-0.4, -0.2) is 38.1 Å². The number of carboxylic acid groups (broad SMARTS) is 1. The Hall–Kier alpha value is -3.32. The van der Waals surface area contributed by atoms with Crippen molar-refractivity contribution in [3.05, 3.63) is 82.4 Å². The second-order valence-electron chi connectivity index (χ2n) is 10.2. The Morgan fingerprint density at radius 2 is 1.73 bits per heavy atom. The summed E-state index contributed by atoms with van der Waals surface area (Å²) in [6, 6.07) is 18.4. The molecule has 0 amide bonds. The summed E-state index contributed by atoms with van der Waals surface area (Å²) in [6.45, 7) is 2.92. The normalized spacial score (nSPS) is 18.0. The first kappa shape index (κ1) is 25.3. The molecule has 1 fully saturated rings. The van der Waals surface area contributed by atoms with Crippen molar-refractivity contribution >= 4 is 15.8 Å². The van der Waals surface area contributed by atoms with Gasteiger partial charge in [-0.05, 0) is 108 Å². The largest absolute Gasteiger partial charge is 0.494 e. The highest BCUT2D eigenvalue weighted by Gasteiger charge is 2.44. The van der Waals surface area contributed by atoms with Crippen LogP contribution in [0.3, 0.4) is 0 Å². The van der Waals surface area contributed by atoms with Gasteiger partial charge in [0.25, 0.3) is 0 Å². The predicted molar refractivity (Wildman–Crippen MR) is 143 cm³/mol. The van der Waals surface area contributed by atoms with E-state index in [0.717, 1.165) is 41.0 Å². The quantitative estimate of drug-likeness (QED) is 0.363. The number of fused-ring (bicyclic) bond motifs is 3. The molecule has 5 rings (SSSR count). The number of sulfone groups is 1. The van der Waals surface area contributed by atoms with Crippen LogP contribution in [0.25, 0.3) is 11.1 Å². The predicted octanol–water partition coefficient (Wildman–Crippen LogP) is 5.34. The van der Waals surface area contributed by atoms with Crippen molar-refractivity contribution in [2.75, 3.05) is 18.6 Å². The number of ether oxygens (including phenoxy) is 2. The van der Waals surface area contributed by atoms with Crippen LogP contribution in [-0.2, 0) is 34.1 Å². The number of aryl methyl sites for hydroxylation is 3. The van der Waals surface area contributed by atoms with Gasteiger partial charge in [-0.25, -0.2) is 8.42 Å². The van der Waals surface area contributed by atoms with Crippen LogP contribution >= 0.6 is 0 Å². The van der Waals surface area contributed by atoms with Gasteiger partial charge in [-0.2, -0.15) is 0 Å². The molecule has 3 aromatic carbocycles. The number of rotatable bonds is 10. The molecule has 0 radical (unpaired) electrons. The maximum Gasteiger partial charge on any atom is 0.307 e. The van der Waals surface area contributed by atoms with E-state index < -0.39 is 15.8 Å². The van der Waals surface area contributed by atoms with Gasteiger partial charge < -0.3 is 14.6 Å². The molecule has 0 aliphatic heterocycles. The second kappa shape index (κ2) is 10.2. The lowest BCUT2D eigenvalue weighted by molar-refractivity contribution is -0.138. The van der Waals surface area contributed by atoms with Crippen LogP contribution in [0.15, 0.2) is 54.6 Å². The Kier molecular flexibility index (Phi) is 6.99. The van der Waals surface area contributed by atoms with Gasteiger partial charge in [0.05, 0.1) is 18.3 Å². The lowest BCUT2D eigenvalue weighted by atomic mass is 9.82. The molecule has 0 unspecified atom stereocenters. The molecule has 194 valence electrons. The van der Waals surface area contributed by atoms with Gasteiger partial charge in [0.2, 0.25) is 0 Å². The van der Waals surface area contributed by atoms with E-state index in [0.29, 0.717) is 26.1 Å². The van der Waals surface area contributed by atoms with Crippen molar-refractivity contribution < 1.29 is 27.8 Å². The summed E-state index contributed by atoms with van der Waals surface area (Å²) in [4.78, 5) is 11.1. The lowest BCUT2D eigenvalue weighted by Gasteiger charge is -2.24. The number of hydrogen-bond donors (Lipinski definition) is 1. The minimum atomic E-state index is -2.98. The van der Waals surface area contributed by atoms with E-state index in [1.807, 2.05) is 30.3 Å². The molecule has 2 aliphatic carbocycles. The first-order valence-electron chi connectivity index (χ1n) is 12.7. The van der Waals surface area contributed by atoms with Gasteiger partial charge in [-0.1, -0.05) is 24.3 Å². The average Bonchev–Trinajstić information content (AvgIpc) is 3.66. The van der Waals surface area contributed by atoms with Gasteiger partial charge in [0.15, 0.2) is 0 Å². The Morgan fingerprint density at radius 3 is 2.43 bits per heavy atom. The van der Waals surface area contributed by atoms with Crippen molar-refractivity contribution in [1.29, 1.82) is 0 Å². The Labute approximate surface area is 218 Å². The van der Waals surface area contributed by atoms with Crippen molar-refractivity contribution in [3.63, 3.8) is 0 Å². The van der Waals surface area contributed by atoms with Gasteiger partial charge in [0.1, 0.15) is 27.9 Å². The van der Waals surface area contributed by atoms with Crippen molar-refractivity contribution in [2.45, 2.75) is 45.1 Å². The summed E-state index contributed by atoms with van der Waals surface area (Å²) in [5.74, 6) is 0.832. The first-order valence-corrected chi connectivity index (χ1v) is 14.8. The summed E-state index contributed by atoms with van der Waals surface area (Å²) in [6.07, 6.45) is 4.33. The van der Waals surface area contributed by atoms with E-state index in [4.69, 9.17) is 14.6 Å². The summed E-state index contributed by atoms with van der Waals surface area (Å²) in [5.41, 5.74) is 8.33. The van der Waals surface area contributed by atoms with Crippen LogP contribution in [0.5, 0.6) is 11.5 Å². The topological polar surface area (TPSA) is 89.9 Å². The molecule has 3 aromatic rings. The standard InChI is InChI=1S/C30H32O6S/c1-19-14-25(35-12-3-13-37(2,33)34)16-23-7-6-22-5-4-20(15-27(22)29(19)23)18-36-24-10-8-21(9-11-24)26-17-28(26)30(31)32/h4-5,8-11,14-16,26,28H,3,6-7,12-13,17-18H2,1-2H3,(H,31,32)/t26-,28+/m1/s1. The highest BCUT2D eigenvalue weighted by molar-refractivity contribution is 7.90. The van der Waals surface area contributed by atoms with E-state index in [1.165, 1.54) is 28.5 Å². The first-order chi connectivity index (χ1) is 17.7. The molecule has 0 spiro atoms. The molecule has 0 heterocycles. The molecule has 0 bridgehead atoms. The molecule has 6 nitrogen and oxygen atoms in total. The molecule has 0 saturated heterocycles. The van der Waals surface area contributed by atoms with E-state index >= 15 is 0 Å². The zero-order valence-electron chi connectivity index (χ0n) is 21.2. The molecule has 7 heteroatoms. The highest BCUT2D eigenvalue weighted by Crippen LogP contribution is 2.47. The zero-order chi connectivity index (χ0) is 26.2. The number of aliphatic carboxylic acids is 1. The highest BCUT2D eigenvalue weighted by atomic mass is 32.2. The fourth-order valence-electron chi connectivity index (χ4n) is 5.25. The van der Waals surface area contributed by atoms with E-state index in [2.05, 4.69) is 31.2 Å². The Balaban J connectivity index is 1.25. The molecule has 2 atom stereocenters. The molecule has 37 heavy (non-hydrogen) atoms. The number of benzene rings is 3. The van der Waals surface area contributed by atoms with Gasteiger partial charge >= 0.3 is 5.97 Å². The maximum absolute atomic E-state index is 11.3. The minimum absolute atomic E-state index is 0.119. The molecular weight excluding hydrogens is 488 g/mol. The molecule has 2 aliphatic rings. The number of carboxylic acids is 1. The maximum atomic E-state index is 11.3. The summed E-state index contributed by atoms with van der Waals surface area (Å²) < 4.78 is 34.6. The van der Waals surface area contributed by atoms with Gasteiger partial charge in [-0.3, -0.25) is 4.79 Å². The Morgan fingerprint density at radius 1 is 0.973 bits per heavy atom. The van der Waals surface area contributed by atoms with Crippen molar-refractivity contribution in [1.82, 2.24) is 0 Å². The van der Waals surface area contributed by atoms with Gasteiger partial charge in [0, 0.05) is 6.26 Å². The average molecular weight is 521 g/mol. The van der Waals surface area contributed by atoms with Crippen LogP contribution in [0, 0.1) is 12.8 Å². The van der Waals surface area contributed by atoms with Crippen molar-refractivity contribution in [2.24, 2.45) is 5.92 Å². The number of hydrogen-bond acceptors (Lipinski definition) is 5. The smallest absolute Gasteiger partial charge is 0.307 e. The fraction of sp³-hybridized carbons (Fsp3) is 0.367. The SMILES string of the molecule is Cc1cc(OCCCS(C)(=O)=O)cc2c1-c1cc(COc3ccc([C@H]4C[C@@H]4C(=O)O)cc3)ccc1CC2. The third kappa shape index (κ3) is 5.99. The van der Waals surface area contributed by atoms with Gasteiger partial charge in [-0.15, -0.1) is 0 Å². The summed E-state index contributed by atoms with van der Waals surface area (Å²) in [7, 11) is -2.98. The molecule has 1 saturated carbocycles. The number of carbonyl (C=O) groups is 1. The van der Waals surface area contributed by atoms with E-state index in [9.17, 15) is 13.2 Å².